The number of imidazole rings is 1. The largest absolute Gasteiger partial charge is 0.389 e. The highest BCUT2D eigenvalue weighted by Crippen LogP contribution is 2.28. The quantitative estimate of drug-likeness (QED) is 0.360. The van der Waals surface area contributed by atoms with Gasteiger partial charge in [-0.15, -0.1) is 0 Å². The fraction of sp³-hybridized carbons (Fsp3) is 0.462. The first-order valence-electron chi connectivity index (χ1n) is 11.9. The minimum absolute atomic E-state index is 0.131. The van der Waals surface area contributed by atoms with Gasteiger partial charge in [-0.3, -0.25) is 0 Å². The maximum Gasteiger partial charge on any atom is 0.389 e. The predicted octanol–water partition coefficient (Wildman–Crippen LogP) is 6.36. The summed E-state index contributed by atoms with van der Waals surface area (Å²) in [4.78, 5) is 19.0. The lowest BCUT2D eigenvalue weighted by molar-refractivity contribution is -0.136. The molecule has 0 spiro atoms. The number of methoxy groups -OCH3 is 1. The number of nitrogens with zero attached hydrogens (tertiary/aromatic N) is 3. The molecule has 0 aliphatic heterocycles. The number of hydrogen-bond acceptors (Lipinski definition) is 3. The molecule has 2 amide bonds. The van der Waals surface area contributed by atoms with E-state index in [2.05, 4.69) is 10.3 Å². The number of benzene rings is 1. The van der Waals surface area contributed by atoms with Crippen molar-refractivity contribution in [2.75, 3.05) is 13.7 Å². The SMILES string of the molecule is CC[C@H](CCC(F)(F)F)NC(=O)N(CC)[C@H](C)c1cccc(-c2cc(COC)c3nccn3c2)c1. The Morgan fingerprint density at radius 2 is 2.00 bits per heavy atom. The summed E-state index contributed by atoms with van der Waals surface area (Å²) < 4.78 is 45.2. The van der Waals surface area contributed by atoms with Crippen molar-refractivity contribution in [2.45, 2.75) is 64.9 Å². The fourth-order valence-corrected chi connectivity index (χ4v) is 4.25. The van der Waals surface area contributed by atoms with Crippen LogP contribution in [-0.2, 0) is 11.3 Å². The summed E-state index contributed by atoms with van der Waals surface area (Å²) in [6.45, 7) is 6.42. The van der Waals surface area contributed by atoms with Gasteiger partial charge in [0.15, 0.2) is 0 Å². The standard InChI is InChI=1S/C26H33F3N4O2/c1-5-23(10-11-26(27,28)29)31-25(34)33(6-2)18(3)19-8-7-9-20(14-19)21-15-22(17-35-4)24-30-12-13-32(24)16-21/h7-9,12-16,18,23H,5-6,10-11,17H2,1-4H3,(H,31,34)/t18-,23-/m1/s1. The van der Waals surface area contributed by atoms with Gasteiger partial charge in [-0.1, -0.05) is 25.1 Å². The van der Waals surface area contributed by atoms with Gasteiger partial charge in [0.05, 0.1) is 12.6 Å². The Morgan fingerprint density at radius 1 is 1.23 bits per heavy atom. The molecular formula is C26H33F3N4O2. The number of rotatable bonds is 10. The van der Waals surface area contributed by atoms with E-state index in [9.17, 15) is 18.0 Å². The molecule has 6 nitrogen and oxygen atoms in total. The molecule has 2 aromatic heterocycles. The first-order chi connectivity index (χ1) is 16.7. The molecule has 1 aromatic carbocycles. The van der Waals surface area contributed by atoms with E-state index in [0.29, 0.717) is 19.6 Å². The average Bonchev–Trinajstić information content (AvgIpc) is 3.31. The van der Waals surface area contributed by atoms with E-state index < -0.39 is 18.6 Å². The molecular weight excluding hydrogens is 457 g/mol. The molecule has 1 N–H and O–H groups in total. The smallest absolute Gasteiger partial charge is 0.380 e. The number of nitrogens with one attached hydrogen (secondary N) is 1. The molecule has 3 rings (SSSR count). The van der Waals surface area contributed by atoms with Crippen LogP contribution < -0.4 is 5.32 Å². The molecule has 190 valence electrons. The number of pyridine rings is 1. The molecule has 0 aliphatic rings. The number of carbonyl (C=O) groups excluding carboxylic acids is 1. The number of ether oxygens (including phenoxy) is 1. The Bertz CT molecular complexity index is 1130. The van der Waals surface area contributed by atoms with Crippen molar-refractivity contribution in [1.82, 2.24) is 19.6 Å². The van der Waals surface area contributed by atoms with Gasteiger partial charge in [-0.05, 0) is 55.5 Å². The second-order valence-corrected chi connectivity index (χ2v) is 8.64. The fourth-order valence-electron chi connectivity index (χ4n) is 4.25. The van der Waals surface area contributed by atoms with E-state index in [-0.39, 0.29) is 18.5 Å². The van der Waals surface area contributed by atoms with Crippen molar-refractivity contribution in [2.24, 2.45) is 0 Å². The molecule has 0 fully saturated rings. The molecule has 2 heterocycles. The molecule has 2 atom stereocenters. The lowest BCUT2D eigenvalue weighted by atomic mass is 9.99. The van der Waals surface area contributed by atoms with Crippen LogP contribution >= 0.6 is 0 Å². The van der Waals surface area contributed by atoms with Crippen molar-refractivity contribution in [3.05, 3.63) is 60.0 Å². The van der Waals surface area contributed by atoms with Crippen LogP contribution in [0.5, 0.6) is 0 Å². The van der Waals surface area contributed by atoms with Gasteiger partial charge in [0.25, 0.3) is 0 Å². The second-order valence-electron chi connectivity index (χ2n) is 8.64. The van der Waals surface area contributed by atoms with Crippen LogP contribution in [0.4, 0.5) is 18.0 Å². The van der Waals surface area contributed by atoms with E-state index >= 15 is 0 Å². The normalized spacial score (nSPS) is 13.6. The second kappa shape index (κ2) is 11.6. The highest BCUT2D eigenvalue weighted by molar-refractivity contribution is 5.75. The number of aromatic nitrogens is 2. The first kappa shape index (κ1) is 26.5. The average molecular weight is 491 g/mol. The van der Waals surface area contributed by atoms with E-state index in [1.165, 1.54) is 0 Å². The van der Waals surface area contributed by atoms with Gasteiger partial charge < -0.3 is 19.4 Å². The summed E-state index contributed by atoms with van der Waals surface area (Å²) in [7, 11) is 1.64. The third-order valence-electron chi connectivity index (χ3n) is 6.23. The number of alkyl halides is 3. The molecule has 0 unspecified atom stereocenters. The monoisotopic (exact) mass is 490 g/mol. The highest BCUT2D eigenvalue weighted by atomic mass is 19.4. The Morgan fingerprint density at radius 3 is 2.66 bits per heavy atom. The third kappa shape index (κ3) is 6.75. The summed E-state index contributed by atoms with van der Waals surface area (Å²) in [5.74, 6) is 0. The first-order valence-corrected chi connectivity index (χ1v) is 11.9. The summed E-state index contributed by atoms with van der Waals surface area (Å²) in [5, 5.41) is 2.79. The summed E-state index contributed by atoms with van der Waals surface area (Å²) in [6, 6.07) is 8.83. The van der Waals surface area contributed by atoms with Gasteiger partial charge in [-0.2, -0.15) is 13.2 Å². The topological polar surface area (TPSA) is 58.9 Å². The highest BCUT2D eigenvalue weighted by Gasteiger charge is 2.29. The molecule has 0 bridgehead atoms. The van der Waals surface area contributed by atoms with Crippen LogP contribution in [-0.4, -0.2) is 46.2 Å². The minimum Gasteiger partial charge on any atom is -0.380 e. The molecule has 0 aliphatic carbocycles. The van der Waals surface area contributed by atoms with Crippen LogP contribution in [0.25, 0.3) is 16.8 Å². The number of hydrogen-bond donors (Lipinski definition) is 1. The zero-order valence-corrected chi connectivity index (χ0v) is 20.6. The molecule has 3 aromatic rings. The maximum absolute atomic E-state index is 13.0. The van der Waals surface area contributed by atoms with Gasteiger partial charge in [0, 0.05) is 50.3 Å². The van der Waals surface area contributed by atoms with Crippen LogP contribution in [0.2, 0.25) is 0 Å². The number of halogens is 3. The van der Waals surface area contributed by atoms with Gasteiger partial charge in [0.2, 0.25) is 0 Å². The van der Waals surface area contributed by atoms with E-state index in [4.69, 9.17) is 4.74 Å². The molecule has 35 heavy (non-hydrogen) atoms. The zero-order valence-electron chi connectivity index (χ0n) is 20.6. The van der Waals surface area contributed by atoms with E-state index in [1.807, 2.05) is 61.0 Å². The Kier molecular flexibility index (Phi) is 8.77. The van der Waals surface area contributed by atoms with Crippen LogP contribution in [0.3, 0.4) is 0 Å². The Hall–Kier alpha value is -3.07. The predicted molar refractivity (Wildman–Crippen MR) is 130 cm³/mol. The van der Waals surface area contributed by atoms with E-state index in [1.54, 1.807) is 25.1 Å². The summed E-state index contributed by atoms with van der Waals surface area (Å²) in [6.07, 6.45) is 0.782. The lowest BCUT2D eigenvalue weighted by Gasteiger charge is -2.31. The van der Waals surface area contributed by atoms with Crippen LogP contribution in [0, 0.1) is 0 Å². The molecule has 0 radical (unpaired) electrons. The number of amides is 2. The zero-order chi connectivity index (χ0) is 25.6. The number of urea groups is 1. The molecule has 9 heteroatoms. The van der Waals surface area contributed by atoms with Crippen molar-refractivity contribution >= 4 is 11.7 Å². The van der Waals surface area contributed by atoms with Crippen LogP contribution in [0.1, 0.15) is 57.2 Å². The van der Waals surface area contributed by atoms with Gasteiger partial charge >= 0.3 is 12.2 Å². The van der Waals surface area contributed by atoms with Crippen molar-refractivity contribution in [3.8, 4) is 11.1 Å². The molecule has 0 saturated heterocycles. The van der Waals surface area contributed by atoms with E-state index in [0.717, 1.165) is 27.9 Å². The Labute approximate surface area is 204 Å². The summed E-state index contributed by atoms with van der Waals surface area (Å²) >= 11 is 0. The van der Waals surface area contributed by atoms with Crippen molar-refractivity contribution in [1.29, 1.82) is 0 Å². The van der Waals surface area contributed by atoms with Crippen molar-refractivity contribution in [3.63, 3.8) is 0 Å². The van der Waals surface area contributed by atoms with Crippen molar-refractivity contribution < 1.29 is 22.7 Å². The number of carbonyl (C=O) groups is 1. The Balaban J connectivity index is 1.81. The lowest BCUT2D eigenvalue weighted by Crippen LogP contribution is -2.45. The molecule has 0 saturated carbocycles. The maximum atomic E-state index is 13.0. The van der Waals surface area contributed by atoms with Gasteiger partial charge in [0.1, 0.15) is 5.65 Å². The third-order valence-corrected chi connectivity index (χ3v) is 6.23. The van der Waals surface area contributed by atoms with Crippen LogP contribution in [0.15, 0.2) is 48.9 Å². The van der Waals surface area contributed by atoms with Gasteiger partial charge in [-0.25, -0.2) is 9.78 Å². The number of fused-ring (bicyclic) bond motifs is 1. The summed E-state index contributed by atoms with van der Waals surface area (Å²) in [5.41, 5.74) is 4.71. The minimum atomic E-state index is -4.24.